The highest BCUT2D eigenvalue weighted by Crippen LogP contribution is 2.26. The Morgan fingerprint density at radius 3 is 2.62 bits per heavy atom. The molecule has 0 amide bonds. The van der Waals surface area contributed by atoms with Gasteiger partial charge in [0.15, 0.2) is 0 Å². The molecule has 0 aliphatic carbocycles. The van der Waals surface area contributed by atoms with Gasteiger partial charge < -0.3 is 5.32 Å². The summed E-state index contributed by atoms with van der Waals surface area (Å²) in [6.07, 6.45) is 0.710. The van der Waals surface area contributed by atoms with Crippen molar-refractivity contribution >= 4 is 17.3 Å². The lowest BCUT2D eigenvalue weighted by atomic mass is 9.95. The van der Waals surface area contributed by atoms with Gasteiger partial charge >= 0.3 is 0 Å². The minimum atomic E-state index is -0.460. The Hall–Kier alpha value is -1.13. The van der Waals surface area contributed by atoms with Crippen molar-refractivity contribution in [2.75, 3.05) is 7.05 Å². The molecule has 0 fully saturated rings. The van der Waals surface area contributed by atoms with Gasteiger partial charge in [-0.2, -0.15) is 0 Å². The zero-order chi connectivity index (χ0) is 12.3. The first-order valence-corrected chi connectivity index (χ1v) is 5.35. The third kappa shape index (κ3) is 3.18. The summed E-state index contributed by atoms with van der Waals surface area (Å²) >= 11 is 5.74. The van der Waals surface area contributed by atoms with Gasteiger partial charge in [0.05, 0.1) is 4.92 Å². The predicted molar refractivity (Wildman–Crippen MR) is 64.9 cm³/mol. The van der Waals surface area contributed by atoms with E-state index >= 15 is 0 Å². The van der Waals surface area contributed by atoms with E-state index in [1.807, 2.05) is 27.0 Å². The highest BCUT2D eigenvalue weighted by atomic mass is 35.5. The van der Waals surface area contributed by atoms with Gasteiger partial charge in [0.1, 0.15) is 5.02 Å². The van der Waals surface area contributed by atoms with Crippen LogP contribution in [0.3, 0.4) is 0 Å². The highest BCUT2D eigenvalue weighted by Gasteiger charge is 2.18. The zero-order valence-electron chi connectivity index (χ0n) is 9.58. The molecule has 0 unspecified atom stereocenters. The molecule has 16 heavy (non-hydrogen) atoms. The van der Waals surface area contributed by atoms with Gasteiger partial charge in [0, 0.05) is 11.6 Å². The summed E-state index contributed by atoms with van der Waals surface area (Å²) in [5, 5.41) is 14.0. The Morgan fingerprint density at radius 2 is 2.12 bits per heavy atom. The lowest BCUT2D eigenvalue weighted by molar-refractivity contribution is -0.384. The highest BCUT2D eigenvalue weighted by molar-refractivity contribution is 6.32. The fraction of sp³-hybridized carbons (Fsp3) is 0.455. The number of nitrogens with one attached hydrogen (secondary N) is 1. The van der Waals surface area contributed by atoms with Crippen molar-refractivity contribution in [1.29, 1.82) is 0 Å². The Balaban J connectivity index is 3.00. The molecule has 1 aromatic rings. The minimum absolute atomic E-state index is 0.0360. The quantitative estimate of drug-likeness (QED) is 0.653. The molecular formula is C11H15ClN2O2. The topological polar surface area (TPSA) is 55.2 Å². The third-order valence-electron chi connectivity index (χ3n) is 2.53. The molecule has 0 spiro atoms. The lowest BCUT2D eigenvalue weighted by Gasteiger charge is -2.23. The van der Waals surface area contributed by atoms with Crippen molar-refractivity contribution in [2.45, 2.75) is 25.8 Å². The fourth-order valence-corrected chi connectivity index (χ4v) is 1.59. The smallest absolute Gasteiger partial charge is 0.288 e. The van der Waals surface area contributed by atoms with Crippen LogP contribution in [-0.2, 0) is 6.42 Å². The maximum Gasteiger partial charge on any atom is 0.288 e. The van der Waals surface area contributed by atoms with Crippen LogP contribution in [0.5, 0.6) is 0 Å². The number of rotatable bonds is 4. The molecule has 0 bridgehead atoms. The van der Waals surface area contributed by atoms with E-state index in [2.05, 4.69) is 5.32 Å². The third-order valence-corrected chi connectivity index (χ3v) is 2.85. The van der Waals surface area contributed by atoms with Crippen molar-refractivity contribution in [1.82, 2.24) is 5.32 Å². The number of hydrogen-bond acceptors (Lipinski definition) is 3. The summed E-state index contributed by atoms with van der Waals surface area (Å²) in [7, 11) is 1.87. The maximum absolute atomic E-state index is 10.7. The Kier molecular flexibility index (Phi) is 3.88. The molecule has 1 N–H and O–H groups in total. The maximum atomic E-state index is 10.7. The van der Waals surface area contributed by atoms with Crippen molar-refractivity contribution < 1.29 is 4.92 Å². The summed E-state index contributed by atoms with van der Waals surface area (Å²) in [6.45, 7) is 4.07. The van der Waals surface area contributed by atoms with Gasteiger partial charge in [-0.05, 0) is 38.9 Å². The number of benzene rings is 1. The van der Waals surface area contributed by atoms with Gasteiger partial charge in [0.25, 0.3) is 5.69 Å². The van der Waals surface area contributed by atoms with Crippen LogP contribution in [0.2, 0.25) is 5.02 Å². The van der Waals surface area contributed by atoms with Crippen molar-refractivity contribution in [2.24, 2.45) is 0 Å². The number of nitro benzene ring substituents is 1. The molecule has 1 rings (SSSR count). The first-order valence-electron chi connectivity index (χ1n) is 4.97. The Morgan fingerprint density at radius 1 is 1.50 bits per heavy atom. The average Bonchev–Trinajstić information content (AvgIpc) is 2.20. The summed E-state index contributed by atoms with van der Waals surface area (Å²) in [5.41, 5.74) is 0.767. The molecule has 0 saturated carbocycles. The largest absolute Gasteiger partial charge is 0.314 e. The molecule has 0 aliphatic rings. The van der Waals surface area contributed by atoms with Gasteiger partial charge in [-0.1, -0.05) is 17.7 Å². The van der Waals surface area contributed by atoms with Crippen LogP contribution >= 0.6 is 11.6 Å². The molecule has 0 aliphatic heterocycles. The second kappa shape index (κ2) is 4.80. The molecule has 0 radical (unpaired) electrons. The van der Waals surface area contributed by atoms with E-state index in [1.165, 1.54) is 6.07 Å². The summed E-state index contributed by atoms with van der Waals surface area (Å²) < 4.78 is 0. The van der Waals surface area contributed by atoms with Crippen LogP contribution in [0.1, 0.15) is 19.4 Å². The second-order valence-corrected chi connectivity index (χ2v) is 4.76. The molecule has 0 aromatic heterocycles. The lowest BCUT2D eigenvalue weighted by Crippen LogP contribution is -2.38. The molecule has 0 atom stereocenters. The van der Waals surface area contributed by atoms with E-state index in [4.69, 9.17) is 11.6 Å². The number of halogens is 1. The van der Waals surface area contributed by atoms with Crippen LogP contribution < -0.4 is 5.32 Å². The van der Waals surface area contributed by atoms with Crippen LogP contribution in [-0.4, -0.2) is 17.5 Å². The van der Waals surface area contributed by atoms with Gasteiger partial charge in [-0.15, -0.1) is 0 Å². The van der Waals surface area contributed by atoms with Gasteiger partial charge in [0.2, 0.25) is 0 Å². The molecule has 88 valence electrons. The first kappa shape index (κ1) is 12.9. The Labute approximate surface area is 99.8 Å². The van der Waals surface area contributed by atoms with E-state index in [9.17, 15) is 10.1 Å². The van der Waals surface area contributed by atoms with Crippen LogP contribution in [0.25, 0.3) is 0 Å². The van der Waals surface area contributed by atoms with Crippen molar-refractivity contribution in [3.05, 3.63) is 38.9 Å². The SMILES string of the molecule is CNC(C)(C)Cc1ccc(Cl)c([N+](=O)[O-])c1. The van der Waals surface area contributed by atoms with Crippen molar-refractivity contribution in [3.8, 4) is 0 Å². The van der Waals surface area contributed by atoms with E-state index in [-0.39, 0.29) is 16.2 Å². The summed E-state index contributed by atoms with van der Waals surface area (Å²) in [6, 6.07) is 4.91. The number of nitrogens with zero attached hydrogens (tertiary/aromatic N) is 1. The van der Waals surface area contributed by atoms with Crippen LogP contribution in [0.4, 0.5) is 5.69 Å². The summed E-state index contributed by atoms with van der Waals surface area (Å²) in [4.78, 5) is 10.3. The molecule has 4 nitrogen and oxygen atoms in total. The number of hydrogen-bond donors (Lipinski definition) is 1. The van der Waals surface area contributed by atoms with E-state index in [0.29, 0.717) is 6.42 Å². The van der Waals surface area contributed by atoms with E-state index in [0.717, 1.165) is 5.56 Å². The fourth-order valence-electron chi connectivity index (χ4n) is 1.41. The normalized spacial score (nSPS) is 11.5. The Bertz CT molecular complexity index is 405. The van der Waals surface area contributed by atoms with Gasteiger partial charge in [-0.25, -0.2) is 0 Å². The van der Waals surface area contributed by atoms with Gasteiger partial charge in [-0.3, -0.25) is 10.1 Å². The number of nitro groups is 1. The predicted octanol–water partition coefficient (Wildman–Crippen LogP) is 2.79. The second-order valence-electron chi connectivity index (χ2n) is 4.35. The summed E-state index contributed by atoms with van der Waals surface area (Å²) in [5.74, 6) is 0. The average molecular weight is 243 g/mol. The molecule has 5 heteroatoms. The molecule has 0 saturated heterocycles. The van der Waals surface area contributed by atoms with E-state index in [1.54, 1.807) is 6.07 Å². The standard InChI is InChI=1S/C11H15ClN2O2/c1-11(2,13-3)7-8-4-5-9(12)10(6-8)14(15)16/h4-6,13H,7H2,1-3H3. The molecule has 1 aromatic carbocycles. The van der Waals surface area contributed by atoms with Crippen LogP contribution in [0.15, 0.2) is 18.2 Å². The van der Waals surface area contributed by atoms with Crippen molar-refractivity contribution in [3.63, 3.8) is 0 Å². The molecular weight excluding hydrogens is 228 g/mol. The monoisotopic (exact) mass is 242 g/mol. The van der Waals surface area contributed by atoms with Crippen LogP contribution in [0, 0.1) is 10.1 Å². The number of likely N-dealkylation sites (N-methyl/N-ethyl adjacent to an activating group) is 1. The zero-order valence-corrected chi connectivity index (χ0v) is 10.3. The minimum Gasteiger partial charge on any atom is -0.314 e. The molecule has 0 heterocycles. The van der Waals surface area contributed by atoms with E-state index < -0.39 is 4.92 Å². The first-order chi connectivity index (χ1) is 7.35.